The van der Waals surface area contributed by atoms with Crippen molar-refractivity contribution in [3.63, 3.8) is 0 Å². The molecule has 4 N–H and O–H groups in total. The van der Waals surface area contributed by atoms with Crippen molar-refractivity contribution in [1.82, 2.24) is 10.2 Å². The normalized spacial score (nSPS) is 15.1. The molecule has 1 heterocycles. The Morgan fingerprint density at radius 1 is 1.37 bits per heavy atom. The minimum absolute atomic E-state index is 0. The molecule has 1 aromatic rings. The van der Waals surface area contributed by atoms with E-state index < -0.39 is 0 Å². The van der Waals surface area contributed by atoms with Gasteiger partial charge in [0, 0.05) is 49.9 Å². The number of benzene rings is 1. The van der Waals surface area contributed by atoms with Gasteiger partial charge in [-0.2, -0.15) is 0 Å². The van der Waals surface area contributed by atoms with Gasteiger partial charge in [0.2, 0.25) is 5.91 Å². The largest absolute Gasteiger partial charge is 0.379 e. The predicted molar refractivity (Wildman–Crippen MR) is 121 cm³/mol. The summed E-state index contributed by atoms with van der Waals surface area (Å²) in [6, 6.07) is 5.44. The molecule has 7 nitrogen and oxygen atoms in total. The second kappa shape index (κ2) is 13.1. The van der Waals surface area contributed by atoms with Gasteiger partial charge in [0.15, 0.2) is 5.96 Å². The molecular weight excluding hydrogens is 481 g/mol. The lowest BCUT2D eigenvalue weighted by Crippen LogP contribution is -2.37. The van der Waals surface area contributed by atoms with Crippen molar-refractivity contribution in [2.24, 2.45) is 10.7 Å². The highest BCUT2D eigenvalue weighted by Crippen LogP contribution is 2.22. The predicted octanol–water partition coefficient (Wildman–Crippen LogP) is 2.22. The Hall–Kier alpha value is -1.10. The zero-order chi connectivity index (χ0) is 18.8. The lowest BCUT2D eigenvalue weighted by molar-refractivity contribution is -0.116. The summed E-state index contributed by atoms with van der Waals surface area (Å²) in [6.45, 7) is 7.57. The quantitative estimate of drug-likeness (QED) is 0.216. The number of carbonyl (C=O) groups excluding carboxylic acids is 1. The molecule has 0 bridgehead atoms. The Morgan fingerprint density at radius 3 is 2.85 bits per heavy atom. The Morgan fingerprint density at radius 2 is 2.11 bits per heavy atom. The van der Waals surface area contributed by atoms with Crippen LogP contribution in [0, 0.1) is 6.92 Å². The maximum atomic E-state index is 12.0. The maximum absolute atomic E-state index is 12.0. The Labute approximate surface area is 183 Å². The highest BCUT2D eigenvalue weighted by atomic mass is 127. The number of morpholine rings is 1. The molecule has 1 aromatic carbocycles. The Kier molecular flexibility index (Phi) is 11.7. The van der Waals surface area contributed by atoms with Crippen LogP contribution in [0.4, 0.5) is 5.69 Å². The fourth-order valence-corrected chi connectivity index (χ4v) is 2.81. The number of halogens is 2. The standard InChI is InChI=1S/C18H28ClN5O2.HI/c1-14-15(19)4-2-5-16(14)23-17(25)6-8-22-18(20)21-7-3-9-24-10-12-26-13-11-24;/h2,4-5H,3,6-13H2,1H3,(H,23,25)(H3,20,21,22);1H. The van der Waals surface area contributed by atoms with E-state index in [9.17, 15) is 4.79 Å². The molecule has 27 heavy (non-hydrogen) atoms. The Bertz CT molecular complexity index is 624. The molecule has 2 rings (SSSR count). The van der Waals surface area contributed by atoms with Crippen LogP contribution >= 0.6 is 35.6 Å². The number of guanidine groups is 1. The number of nitrogens with two attached hydrogens (primary N) is 1. The first kappa shape index (κ1) is 23.9. The molecule has 1 amide bonds. The number of nitrogens with zero attached hydrogens (tertiary/aromatic N) is 2. The molecule has 1 saturated heterocycles. The number of nitrogens with one attached hydrogen (secondary N) is 2. The van der Waals surface area contributed by atoms with Crippen LogP contribution in [-0.4, -0.2) is 62.7 Å². The molecule has 0 radical (unpaired) electrons. The van der Waals surface area contributed by atoms with E-state index in [0.717, 1.165) is 50.5 Å². The van der Waals surface area contributed by atoms with Gasteiger partial charge >= 0.3 is 0 Å². The van der Waals surface area contributed by atoms with Crippen LogP contribution in [0.25, 0.3) is 0 Å². The molecule has 0 atom stereocenters. The van der Waals surface area contributed by atoms with Gasteiger partial charge in [0.05, 0.1) is 13.2 Å². The summed E-state index contributed by atoms with van der Waals surface area (Å²) in [5.74, 6) is 0.279. The van der Waals surface area contributed by atoms with Crippen molar-refractivity contribution in [3.05, 3.63) is 28.8 Å². The number of hydrogen-bond acceptors (Lipinski definition) is 4. The second-order valence-corrected chi connectivity index (χ2v) is 6.62. The van der Waals surface area contributed by atoms with Crippen LogP contribution in [0.1, 0.15) is 18.4 Å². The third-order valence-corrected chi connectivity index (χ3v) is 4.63. The summed E-state index contributed by atoms with van der Waals surface area (Å²) >= 11 is 6.05. The van der Waals surface area contributed by atoms with Crippen molar-refractivity contribution >= 4 is 53.1 Å². The van der Waals surface area contributed by atoms with Gasteiger partial charge in [-0.25, -0.2) is 0 Å². The minimum atomic E-state index is -0.0945. The number of rotatable bonds is 8. The lowest BCUT2D eigenvalue weighted by atomic mass is 10.2. The summed E-state index contributed by atoms with van der Waals surface area (Å²) < 4.78 is 5.32. The first-order valence-corrected chi connectivity index (χ1v) is 9.33. The van der Waals surface area contributed by atoms with Gasteiger partial charge < -0.3 is 21.1 Å². The van der Waals surface area contributed by atoms with Crippen molar-refractivity contribution in [1.29, 1.82) is 0 Å². The van der Waals surface area contributed by atoms with Gasteiger partial charge in [0.25, 0.3) is 0 Å². The minimum Gasteiger partial charge on any atom is -0.379 e. The molecule has 0 aliphatic carbocycles. The summed E-state index contributed by atoms with van der Waals surface area (Å²) in [7, 11) is 0. The van der Waals surface area contributed by atoms with E-state index in [1.807, 2.05) is 19.1 Å². The number of ether oxygens (including phenoxy) is 1. The van der Waals surface area contributed by atoms with Crippen LogP contribution < -0.4 is 16.4 Å². The van der Waals surface area contributed by atoms with E-state index in [2.05, 4.69) is 20.5 Å². The van der Waals surface area contributed by atoms with Crippen molar-refractivity contribution in [2.75, 3.05) is 51.3 Å². The third kappa shape index (κ3) is 9.09. The average Bonchev–Trinajstić information content (AvgIpc) is 2.63. The molecule has 0 unspecified atom stereocenters. The Balaban J connectivity index is 0.00000364. The van der Waals surface area contributed by atoms with E-state index in [1.165, 1.54) is 0 Å². The van der Waals surface area contributed by atoms with Gasteiger partial charge in [-0.15, -0.1) is 24.0 Å². The molecule has 0 saturated carbocycles. The van der Waals surface area contributed by atoms with Crippen molar-refractivity contribution in [2.45, 2.75) is 19.8 Å². The zero-order valence-electron chi connectivity index (χ0n) is 15.7. The summed E-state index contributed by atoms with van der Waals surface area (Å²) in [5.41, 5.74) is 7.42. The molecule has 152 valence electrons. The smallest absolute Gasteiger partial charge is 0.226 e. The van der Waals surface area contributed by atoms with E-state index >= 15 is 0 Å². The molecule has 0 spiro atoms. The summed E-state index contributed by atoms with van der Waals surface area (Å²) in [6.07, 6.45) is 1.26. The monoisotopic (exact) mass is 509 g/mol. The van der Waals surface area contributed by atoms with Crippen molar-refractivity contribution < 1.29 is 9.53 Å². The topological polar surface area (TPSA) is 92.0 Å². The number of carbonyl (C=O) groups is 1. The van der Waals surface area contributed by atoms with Crippen LogP contribution in [0.3, 0.4) is 0 Å². The van der Waals surface area contributed by atoms with Crippen molar-refractivity contribution in [3.8, 4) is 0 Å². The molecule has 1 aliphatic heterocycles. The van der Waals surface area contributed by atoms with Gasteiger partial charge in [-0.1, -0.05) is 17.7 Å². The highest BCUT2D eigenvalue weighted by molar-refractivity contribution is 14.0. The van der Waals surface area contributed by atoms with Crippen LogP contribution in [0.2, 0.25) is 5.02 Å². The number of aliphatic imine (C=N–C) groups is 1. The maximum Gasteiger partial charge on any atom is 0.226 e. The number of hydrogen-bond donors (Lipinski definition) is 3. The third-order valence-electron chi connectivity index (χ3n) is 4.22. The summed E-state index contributed by atoms with van der Waals surface area (Å²) in [5, 5.41) is 6.46. The number of anilines is 1. The van der Waals surface area contributed by atoms with E-state index in [0.29, 0.717) is 30.5 Å². The second-order valence-electron chi connectivity index (χ2n) is 6.21. The molecule has 1 aliphatic rings. The van der Waals surface area contributed by atoms with E-state index in [-0.39, 0.29) is 29.9 Å². The molecule has 0 aromatic heterocycles. The van der Waals surface area contributed by atoms with Gasteiger partial charge in [-0.05, 0) is 31.0 Å². The lowest BCUT2D eigenvalue weighted by Gasteiger charge is -2.26. The highest BCUT2D eigenvalue weighted by Gasteiger charge is 2.09. The van der Waals surface area contributed by atoms with E-state index in [1.54, 1.807) is 6.07 Å². The number of amides is 1. The van der Waals surface area contributed by atoms with Crippen LogP contribution in [0.5, 0.6) is 0 Å². The van der Waals surface area contributed by atoms with Gasteiger partial charge in [0.1, 0.15) is 0 Å². The molecule has 9 heteroatoms. The summed E-state index contributed by atoms with van der Waals surface area (Å²) in [4.78, 5) is 18.7. The SMILES string of the molecule is Cc1c(Cl)cccc1NC(=O)CCNC(N)=NCCCN1CCOCC1.I. The van der Waals surface area contributed by atoms with Crippen LogP contribution in [-0.2, 0) is 9.53 Å². The van der Waals surface area contributed by atoms with Gasteiger partial charge in [-0.3, -0.25) is 14.7 Å². The fraction of sp³-hybridized carbons (Fsp3) is 0.556. The fourth-order valence-electron chi connectivity index (χ4n) is 2.63. The van der Waals surface area contributed by atoms with E-state index in [4.69, 9.17) is 22.1 Å². The first-order chi connectivity index (χ1) is 12.6. The first-order valence-electron chi connectivity index (χ1n) is 8.95. The average molecular weight is 510 g/mol. The van der Waals surface area contributed by atoms with Crippen LogP contribution in [0.15, 0.2) is 23.2 Å². The molecular formula is C18H29ClIN5O2. The zero-order valence-corrected chi connectivity index (χ0v) is 18.8. The molecule has 1 fully saturated rings.